The Hall–Kier alpha value is -2.17. The van der Waals surface area contributed by atoms with Crippen LogP contribution in [0.4, 0.5) is 15.9 Å². The first-order valence-corrected chi connectivity index (χ1v) is 6.64. The summed E-state index contributed by atoms with van der Waals surface area (Å²) in [5, 5.41) is 3.17. The Morgan fingerprint density at radius 3 is 2.70 bits per heavy atom. The molecule has 0 amide bonds. The lowest BCUT2D eigenvalue weighted by atomic mass is 10.3. The minimum Gasteiger partial charge on any atom is -0.370 e. The normalized spacial score (nSPS) is 10.4. The summed E-state index contributed by atoms with van der Waals surface area (Å²) in [5.74, 6) is 1.23. The van der Waals surface area contributed by atoms with Gasteiger partial charge in [-0.05, 0) is 26.0 Å². The Morgan fingerprint density at radius 1 is 1.25 bits per heavy atom. The second kappa shape index (κ2) is 6.32. The number of aromatic nitrogens is 2. The maximum atomic E-state index is 13.7. The van der Waals surface area contributed by atoms with Gasteiger partial charge < -0.3 is 10.2 Å². The van der Waals surface area contributed by atoms with Gasteiger partial charge in [-0.15, -0.1) is 0 Å². The lowest BCUT2D eigenvalue weighted by Crippen LogP contribution is -2.20. The van der Waals surface area contributed by atoms with Gasteiger partial charge in [0.1, 0.15) is 17.5 Å². The first kappa shape index (κ1) is 14.2. The van der Waals surface area contributed by atoms with Gasteiger partial charge in [0, 0.05) is 25.4 Å². The minimum absolute atomic E-state index is 0.241. The summed E-state index contributed by atoms with van der Waals surface area (Å²) in [6.45, 7) is 5.21. The molecule has 106 valence electrons. The van der Waals surface area contributed by atoms with E-state index >= 15 is 0 Å². The SMILES string of the molecule is CCNc1cc(C)nc(CN(C)c2ccccc2F)n1. The molecule has 0 unspecified atom stereocenters. The van der Waals surface area contributed by atoms with Crippen molar-refractivity contribution in [3.05, 3.63) is 47.7 Å². The van der Waals surface area contributed by atoms with E-state index in [1.807, 2.05) is 33.0 Å². The number of hydrogen-bond acceptors (Lipinski definition) is 4. The topological polar surface area (TPSA) is 41.1 Å². The first-order valence-electron chi connectivity index (χ1n) is 6.64. The van der Waals surface area contributed by atoms with Crippen molar-refractivity contribution in [1.82, 2.24) is 9.97 Å². The van der Waals surface area contributed by atoms with Gasteiger partial charge in [0.2, 0.25) is 0 Å². The Kier molecular flexibility index (Phi) is 4.50. The van der Waals surface area contributed by atoms with E-state index in [9.17, 15) is 4.39 Å². The molecule has 20 heavy (non-hydrogen) atoms. The Bertz CT molecular complexity index is 586. The van der Waals surface area contributed by atoms with Gasteiger partial charge in [0.25, 0.3) is 0 Å². The van der Waals surface area contributed by atoms with Gasteiger partial charge in [-0.3, -0.25) is 0 Å². The summed E-state index contributed by atoms with van der Waals surface area (Å²) < 4.78 is 13.7. The molecule has 0 spiro atoms. The third-order valence-corrected chi connectivity index (χ3v) is 2.90. The number of nitrogens with one attached hydrogen (secondary N) is 1. The quantitative estimate of drug-likeness (QED) is 0.910. The van der Waals surface area contributed by atoms with Gasteiger partial charge in [-0.25, -0.2) is 14.4 Å². The van der Waals surface area contributed by atoms with Crippen LogP contribution < -0.4 is 10.2 Å². The van der Waals surface area contributed by atoms with E-state index in [2.05, 4.69) is 15.3 Å². The molecule has 1 aromatic heterocycles. The van der Waals surface area contributed by atoms with E-state index in [-0.39, 0.29) is 5.82 Å². The summed E-state index contributed by atoms with van der Waals surface area (Å²) in [6.07, 6.45) is 0. The lowest BCUT2D eigenvalue weighted by Gasteiger charge is -2.19. The molecular formula is C15H19FN4. The molecule has 0 radical (unpaired) electrons. The molecule has 0 bridgehead atoms. The van der Waals surface area contributed by atoms with Crippen LogP contribution in [0.5, 0.6) is 0 Å². The maximum Gasteiger partial charge on any atom is 0.150 e. The number of anilines is 2. The molecule has 4 nitrogen and oxygen atoms in total. The van der Waals surface area contributed by atoms with E-state index in [0.717, 1.165) is 18.1 Å². The van der Waals surface area contributed by atoms with Crippen LogP contribution in [-0.4, -0.2) is 23.6 Å². The van der Waals surface area contributed by atoms with Gasteiger partial charge in [0.05, 0.1) is 12.2 Å². The van der Waals surface area contributed by atoms with Crippen LogP contribution in [0.2, 0.25) is 0 Å². The van der Waals surface area contributed by atoms with Crippen LogP contribution in [0.25, 0.3) is 0 Å². The van der Waals surface area contributed by atoms with E-state index in [4.69, 9.17) is 0 Å². The number of para-hydroxylation sites is 1. The predicted octanol–water partition coefficient (Wildman–Crippen LogP) is 2.99. The van der Waals surface area contributed by atoms with Crippen LogP contribution in [0.15, 0.2) is 30.3 Å². The summed E-state index contributed by atoms with van der Waals surface area (Å²) in [7, 11) is 1.83. The third kappa shape index (κ3) is 3.44. The average molecular weight is 274 g/mol. The number of nitrogens with zero attached hydrogens (tertiary/aromatic N) is 3. The van der Waals surface area contributed by atoms with Gasteiger partial charge in [-0.2, -0.15) is 0 Å². The zero-order valence-electron chi connectivity index (χ0n) is 12.0. The molecule has 0 atom stereocenters. The molecule has 0 fully saturated rings. The summed E-state index contributed by atoms with van der Waals surface area (Å²) in [5.41, 5.74) is 1.44. The predicted molar refractivity (Wildman–Crippen MR) is 79.4 cm³/mol. The van der Waals surface area contributed by atoms with Crippen molar-refractivity contribution in [3.63, 3.8) is 0 Å². The number of hydrogen-bond donors (Lipinski definition) is 1. The Balaban J connectivity index is 2.19. The van der Waals surface area contributed by atoms with Crippen molar-refractivity contribution < 1.29 is 4.39 Å². The van der Waals surface area contributed by atoms with E-state index in [1.54, 1.807) is 17.0 Å². The van der Waals surface area contributed by atoms with Crippen molar-refractivity contribution in [2.24, 2.45) is 0 Å². The van der Waals surface area contributed by atoms with E-state index < -0.39 is 0 Å². The molecule has 2 rings (SSSR count). The summed E-state index contributed by atoms with van der Waals surface area (Å²) in [6, 6.07) is 8.59. The molecule has 0 saturated heterocycles. The standard InChI is InChI=1S/C15H19FN4/c1-4-17-14-9-11(2)18-15(19-14)10-20(3)13-8-6-5-7-12(13)16/h5-9H,4,10H2,1-3H3,(H,17,18,19). The Morgan fingerprint density at radius 2 is 2.00 bits per heavy atom. The van der Waals surface area contributed by atoms with Crippen molar-refractivity contribution in [2.75, 3.05) is 23.8 Å². The van der Waals surface area contributed by atoms with Gasteiger partial charge in [-0.1, -0.05) is 12.1 Å². The van der Waals surface area contributed by atoms with E-state index in [0.29, 0.717) is 18.1 Å². The van der Waals surface area contributed by atoms with Crippen LogP contribution in [-0.2, 0) is 6.54 Å². The van der Waals surface area contributed by atoms with Crippen molar-refractivity contribution in [2.45, 2.75) is 20.4 Å². The highest BCUT2D eigenvalue weighted by Crippen LogP contribution is 2.18. The second-order valence-electron chi connectivity index (χ2n) is 4.65. The average Bonchev–Trinajstić information content (AvgIpc) is 2.38. The Labute approximate surface area is 118 Å². The van der Waals surface area contributed by atoms with Crippen LogP contribution in [0.3, 0.4) is 0 Å². The molecule has 2 aromatic rings. The largest absolute Gasteiger partial charge is 0.370 e. The van der Waals surface area contributed by atoms with Crippen molar-refractivity contribution >= 4 is 11.5 Å². The maximum absolute atomic E-state index is 13.7. The zero-order valence-corrected chi connectivity index (χ0v) is 12.0. The van der Waals surface area contributed by atoms with Crippen molar-refractivity contribution in [3.8, 4) is 0 Å². The van der Waals surface area contributed by atoms with Gasteiger partial charge in [0.15, 0.2) is 0 Å². The fraction of sp³-hybridized carbons (Fsp3) is 0.333. The molecule has 0 aliphatic carbocycles. The highest BCUT2D eigenvalue weighted by atomic mass is 19.1. The van der Waals surface area contributed by atoms with Crippen LogP contribution in [0.1, 0.15) is 18.4 Å². The van der Waals surface area contributed by atoms with E-state index in [1.165, 1.54) is 6.07 Å². The number of aryl methyl sites for hydroxylation is 1. The summed E-state index contributed by atoms with van der Waals surface area (Å²) >= 11 is 0. The molecule has 0 aliphatic rings. The molecule has 0 aliphatic heterocycles. The molecule has 5 heteroatoms. The molecular weight excluding hydrogens is 255 g/mol. The fourth-order valence-corrected chi connectivity index (χ4v) is 2.03. The smallest absolute Gasteiger partial charge is 0.150 e. The highest BCUT2D eigenvalue weighted by molar-refractivity contribution is 5.47. The third-order valence-electron chi connectivity index (χ3n) is 2.90. The van der Waals surface area contributed by atoms with Crippen LogP contribution >= 0.6 is 0 Å². The fourth-order valence-electron chi connectivity index (χ4n) is 2.03. The zero-order chi connectivity index (χ0) is 14.5. The number of halogens is 1. The minimum atomic E-state index is -0.241. The highest BCUT2D eigenvalue weighted by Gasteiger charge is 2.09. The lowest BCUT2D eigenvalue weighted by molar-refractivity contribution is 0.621. The number of rotatable bonds is 5. The molecule has 0 saturated carbocycles. The monoisotopic (exact) mass is 274 g/mol. The first-order chi connectivity index (χ1) is 9.60. The van der Waals surface area contributed by atoms with Crippen LogP contribution in [0, 0.1) is 12.7 Å². The molecule has 1 aromatic carbocycles. The molecule has 1 heterocycles. The number of benzene rings is 1. The second-order valence-corrected chi connectivity index (χ2v) is 4.65. The summed E-state index contributed by atoms with van der Waals surface area (Å²) in [4.78, 5) is 10.6. The van der Waals surface area contributed by atoms with Gasteiger partial charge >= 0.3 is 0 Å². The van der Waals surface area contributed by atoms with Crippen molar-refractivity contribution in [1.29, 1.82) is 0 Å². The molecule has 1 N–H and O–H groups in total.